The number of anilines is 6. The molecular weight excluding hydrogens is 268 g/mol. The topological polar surface area (TPSA) is 67.3 Å². The third-order valence-electron chi connectivity index (χ3n) is 2.83. The van der Waals surface area contributed by atoms with Crippen LogP contribution in [0.1, 0.15) is 0 Å². The summed E-state index contributed by atoms with van der Waals surface area (Å²) >= 11 is 10.7. The monoisotopic (exact) mass is 278 g/mol. The molecule has 5 N–H and O–H groups in total. The van der Waals surface area contributed by atoms with Gasteiger partial charge < -0.3 is 16.8 Å². The van der Waals surface area contributed by atoms with Crippen molar-refractivity contribution in [3.8, 4) is 0 Å². The third-order valence-corrected chi connectivity index (χ3v) is 3.56. The van der Waals surface area contributed by atoms with Gasteiger partial charge in [-0.3, -0.25) is 4.31 Å². The molecule has 6 heteroatoms. The first-order valence-electron chi connectivity index (χ1n) is 5.31. The lowest BCUT2D eigenvalue weighted by atomic mass is 10.1. The molecule has 0 aliphatic carbocycles. The quantitative estimate of drug-likeness (QED) is 0.439. The molecule has 2 aromatic carbocycles. The van der Waals surface area contributed by atoms with E-state index in [4.69, 9.17) is 23.1 Å². The minimum absolute atomic E-state index is 0.562. The Bertz CT molecular complexity index is 644. The highest BCUT2D eigenvalue weighted by molar-refractivity contribution is 7.82. The number of hydrogen-bond acceptors (Lipinski definition) is 5. The van der Waals surface area contributed by atoms with E-state index in [1.54, 1.807) is 10.4 Å². The maximum atomic E-state index is 6.18. The Morgan fingerprint density at radius 1 is 1.06 bits per heavy atom. The van der Waals surface area contributed by atoms with Crippen LogP contribution in [-0.4, -0.2) is 0 Å². The van der Waals surface area contributed by atoms with Gasteiger partial charge in [-0.2, -0.15) is 0 Å². The van der Waals surface area contributed by atoms with Crippen LogP contribution in [0.5, 0.6) is 0 Å². The van der Waals surface area contributed by atoms with Crippen molar-refractivity contribution >= 4 is 58.5 Å². The maximum absolute atomic E-state index is 6.18. The number of thiol groups is 1. The van der Waals surface area contributed by atoms with Crippen molar-refractivity contribution in [1.82, 2.24) is 0 Å². The number of hydrogen-bond donors (Lipinski definition) is 4. The van der Waals surface area contributed by atoms with Crippen LogP contribution in [0.2, 0.25) is 5.02 Å². The molecule has 0 aromatic heterocycles. The molecule has 0 unspecified atom stereocenters. The van der Waals surface area contributed by atoms with E-state index in [1.807, 2.05) is 24.3 Å². The predicted octanol–water partition coefficient (Wildman–Crippen LogP) is 3.54. The van der Waals surface area contributed by atoms with Gasteiger partial charge in [0.1, 0.15) is 0 Å². The van der Waals surface area contributed by atoms with Gasteiger partial charge >= 0.3 is 0 Å². The third kappa shape index (κ3) is 1.63. The van der Waals surface area contributed by atoms with Crippen LogP contribution in [0.25, 0.3) is 0 Å². The Hall–Kier alpha value is -1.72. The largest absolute Gasteiger partial charge is 0.399 e. The summed E-state index contributed by atoms with van der Waals surface area (Å²) < 4.78 is 1.72. The van der Waals surface area contributed by atoms with E-state index in [0.717, 1.165) is 22.7 Å². The van der Waals surface area contributed by atoms with Crippen molar-refractivity contribution in [2.75, 3.05) is 21.1 Å². The summed E-state index contributed by atoms with van der Waals surface area (Å²) in [5.41, 5.74) is 16.2. The standard InChI is InChI=1S/C12H11ClN4S/c13-8-3-7(15)5-11-12(8)16-9-2-1-6(14)4-10(9)17(11)18/h1-5,16,18H,14-15H2. The molecule has 3 rings (SSSR count). The Morgan fingerprint density at radius 2 is 1.78 bits per heavy atom. The van der Waals surface area contributed by atoms with Crippen LogP contribution < -0.4 is 21.1 Å². The van der Waals surface area contributed by atoms with Crippen LogP contribution in [0.3, 0.4) is 0 Å². The van der Waals surface area contributed by atoms with Gasteiger partial charge in [-0.05, 0) is 30.3 Å². The zero-order valence-corrected chi connectivity index (χ0v) is 11.0. The Labute approximate surface area is 115 Å². The number of nitrogen functional groups attached to an aromatic ring is 2. The molecule has 1 heterocycles. The summed E-state index contributed by atoms with van der Waals surface area (Å²) in [5.74, 6) is 0. The summed E-state index contributed by atoms with van der Waals surface area (Å²) in [5, 5.41) is 3.82. The van der Waals surface area contributed by atoms with E-state index < -0.39 is 0 Å². The molecule has 0 spiro atoms. The number of fused-ring (bicyclic) bond motifs is 2. The van der Waals surface area contributed by atoms with Crippen molar-refractivity contribution in [2.45, 2.75) is 0 Å². The summed E-state index contributed by atoms with van der Waals surface area (Å²) in [6.07, 6.45) is 0. The van der Waals surface area contributed by atoms with E-state index in [1.165, 1.54) is 0 Å². The predicted molar refractivity (Wildman–Crippen MR) is 81.1 cm³/mol. The highest BCUT2D eigenvalue weighted by Crippen LogP contribution is 2.48. The normalized spacial score (nSPS) is 12.7. The molecule has 0 fully saturated rings. The second kappa shape index (κ2) is 3.90. The first-order valence-corrected chi connectivity index (χ1v) is 6.08. The molecule has 4 nitrogen and oxygen atoms in total. The molecule has 0 saturated heterocycles. The lowest BCUT2D eigenvalue weighted by Gasteiger charge is -2.30. The van der Waals surface area contributed by atoms with E-state index in [2.05, 4.69) is 18.1 Å². The van der Waals surface area contributed by atoms with E-state index in [9.17, 15) is 0 Å². The van der Waals surface area contributed by atoms with Crippen LogP contribution in [0.15, 0.2) is 30.3 Å². The second-order valence-electron chi connectivity index (χ2n) is 4.11. The minimum Gasteiger partial charge on any atom is -0.399 e. The average Bonchev–Trinajstić information content (AvgIpc) is 2.32. The van der Waals surface area contributed by atoms with Crippen molar-refractivity contribution < 1.29 is 0 Å². The molecule has 1 aliphatic heterocycles. The minimum atomic E-state index is 0.562. The fourth-order valence-corrected chi connectivity index (χ4v) is 2.59. The van der Waals surface area contributed by atoms with Crippen LogP contribution >= 0.6 is 24.4 Å². The SMILES string of the molecule is Nc1ccc2c(c1)N(S)c1cc(N)cc(Cl)c1N2. The number of benzene rings is 2. The Kier molecular flexibility index (Phi) is 2.46. The zero-order chi connectivity index (χ0) is 12.9. The number of nitrogens with zero attached hydrogens (tertiary/aromatic N) is 1. The first-order chi connectivity index (χ1) is 8.56. The Morgan fingerprint density at radius 3 is 2.56 bits per heavy atom. The van der Waals surface area contributed by atoms with Gasteiger partial charge in [-0.1, -0.05) is 24.4 Å². The van der Waals surface area contributed by atoms with Crippen LogP contribution in [-0.2, 0) is 0 Å². The van der Waals surface area contributed by atoms with Crippen molar-refractivity contribution in [3.05, 3.63) is 35.4 Å². The van der Waals surface area contributed by atoms with Gasteiger partial charge in [0.05, 0.1) is 27.8 Å². The van der Waals surface area contributed by atoms with Crippen LogP contribution in [0.4, 0.5) is 34.1 Å². The zero-order valence-electron chi connectivity index (χ0n) is 9.31. The fourth-order valence-electron chi connectivity index (χ4n) is 2.00. The van der Waals surface area contributed by atoms with Crippen molar-refractivity contribution in [2.24, 2.45) is 0 Å². The smallest absolute Gasteiger partial charge is 0.0826 e. The summed E-state index contributed by atoms with van der Waals surface area (Å²) in [7, 11) is 0. The molecule has 92 valence electrons. The second-order valence-corrected chi connectivity index (χ2v) is 4.92. The summed E-state index contributed by atoms with van der Waals surface area (Å²) in [6.45, 7) is 0. The number of halogens is 1. The molecule has 18 heavy (non-hydrogen) atoms. The molecule has 0 amide bonds. The van der Waals surface area contributed by atoms with Gasteiger partial charge in [0, 0.05) is 11.4 Å². The summed E-state index contributed by atoms with van der Waals surface area (Å²) in [4.78, 5) is 0. The average molecular weight is 279 g/mol. The van der Waals surface area contributed by atoms with Gasteiger partial charge in [0.25, 0.3) is 0 Å². The van der Waals surface area contributed by atoms with E-state index in [0.29, 0.717) is 16.4 Å². The molecule has 2 aromatic rings. The fraction of sp³-hybridized carbons (Fsp3) is 0. The van der Waals surface area contributed by atoms with Crippen molar-refractivity contribution in [3.63, 3.8) is 0 Å². The molecule has 0 atom stereocenters. The highest BCUT2D eigenvalue weighted by Gasteiger charge is 2.23. The lowest BCUT2D eigenvalue weighted by Crippen LogP contribution is -2.14. The molecular formula is C12H11ClN4S. The molecule has 0 radical (unpaired) electrons. The van der Waals surface area contributed by atoms with Crippen LogP contribution in [0, 0.1) is 0 Å². The Balaban J connectivity index is 2.22. The molecule has 1 aliphatic rings. The molecule has 0 bridgehead atoms. The van der Waals surface area contributed by atoms with Gasteiger partial charge in [0.15, 0.2) is 0 Å². The maximum Gasteiger partial charge on any atom is 0.0826 e. The summed E-state index contributed by atoms with van der Waals surface area (Å²) in [6, 6.07) is 9.08. The van der Waals surface area contributed by atoms with Gasteiger partial charge in [-0.25, -0.2) is 0 Å². The highest BCUT2D eigenvalue weighted by atomic mass is 35.5. The lowest BCUT2D eigenvalue weighted by molar-refractivity contribution is 1.37. The molecule has 0 saturated carbocycles. The van der Waals surface area contributed by atoms with Crippen molar-refractivity contribution in [1.29, 1.82) is 0 Å². The van der Waals surface area contributed by atoms with Gasteiger partial charge in [0.2, 0.25) is 0 Å². The first kappa shape index (κ1) is 11.4. The van der Waals surface area contributed by atoms with E-state index in [-0.39, 0.29) is 0 Å². The number of nitrogens with two attached hydrogens (primary N) is 2. The van der Waals surface area contributed by atoms with Gasteiger partial charge in [-0.15, -0.1) is 0 Å². The number of nitrogens with one attached hydrogen (secondary N) is 1. The van der Waals surface area contributed by atoms with E-state index >= 15 is 0 Å². The number of rotatable bonds is 0.